The largest absolute Gasteiger partial charge is 0.407 e. The minimum absolute atomic E-state index is 0.237. The summed E-state index contributed by atoms with van der Waals surface area (Å²) < 4.78 is 20.4. The van der Waals surface area contributed by atoms with Crippen molar-refractivity contribution in [1.82, 2.24) is 9.78 Å². The quantitative estimate of drug-likeness (QED) is 0.258. The second kappa shape index (κ2) is 13.1. The van der Waals surface area contributed by atoms with Gasteiger partial charge in [0.1, 0.15) is 5.82 Å². The van der Waals surface area contributed by atoms with E-state index in [2.05, 4.69) is 18.9 Å². The minimum atomic E-state index is -0.307. The van der Waals surface area contributed by atoms with E-state index < -0.39 is 0 Å². The summed E-state index contributed by atoms with van der Waals surface area (Å²) in [5.41, 5.74) is 1.54. The van der Waals surface area contributed by atoms with E-state index in [0.29, 0.717) is 18.0 Å². The van der Waals surface area contributed by atoms with Crippen LogP contribution in [0.1, 0.15) is 90.2 Å². The number of rotatable bonds is 14. The molecule has 160 valence electrons. The second-order valence-corrected chi connectivity index (χ2v) is 7.66. The van der Waals surface area contributed by atoms with Crippen molar-refractivity contribution in [2.75, 3.05) is 0 Å². The van der Waals surface area contributed by atoms with Crippen molar-refractivity contribution in [1.29, 1.82) is 0 Å². The molecule has 4 nitrogen and oxygen atoms in total. The molecule has 1 heterocycles. The van der Waals surface area contributed by atoms with E-state index in [-0.39, 0.29) is 11.8 Å². The molecule has 2 aromatic rings. The summed E-state index contributed by atoms with van der Waals surface area (Å²) in [7, 11) is 0. The highest BCUT2D eigenvalue weighted by atomic mass is 19.1. The van der Waals surface area contributed by atoms with Crippen LogP contribution in [0.3, 0.4) is 0 Å². The number of hydrogen-bond acceptors (Lipinski definition) is 3. The van der Waals surface area contributed by atoms with Crippen LogP contribution in [0.2, 0.25) is 0 Å². The van der Waals surface area contributed by atoms with Crippen LogP contribution < -0.4 is 4.74 Å². The van der Waals surface area contributed by atoms with Crippen LogP contribution in [-0.2, 0) is 11.2 Å². The van der Waals surface area contributed by atoms with Gasteiger partial charge < -0.3 is 4.74 Å². The molecule has 0 radical (unpaired) electrons. The van der Waals surface area contributed by atoms with Gasteiger partial charge in [0.15, 0.2) is 0 Å². The number of esters is 1. The predicted molar refractivity (Wildman–Crippen MR) is 115 cm³/mol. The first-order valence-electron chi connectivity index (χ1n) is 11.2. The van der Waals surface area contributed by atoms with E-state index >= 15 is 0 Å². The van der Waals surface area contributed by atoms with Crippen molar-refractivity contribution in [2.45, 2.75) is 90.9 Å². The lowest BCUT2D eigenvalue weighted by Gasteiger charge is -2.08. The van der Waals surface area contributed by atoms with Crippen LogP contribution in [-0.4, -0.2) is 15.7 Å². The van der Waals surface area contributed by atoms with Gasteiger partial charge in [-0.05, 0) is 37.1 Å². The zero-order valence-corrected chi connectivity index (χ0v) is 18.0. The molecule has 0 aliphatic rings. The number of unbranched alkanes of at least 4 members (excludes halogenated alkanes) is 8. The van der Waals surface area contributed by atoms with Crippen LogP contribution in [0.5, 0.6) is 5.88 Å². The number of aromatic nitrogens is 2. The smallest absolute Gasteiger partial charge is 0.312 e. The van der Waals surface area contributed by atoms with E-state index in [4.69, 9.17) is 4.74 Å². The number of hydrogen-bond donors (Lipinski definition) is 0. The third-order valence-corrected chi connectivity index (χ3v) is 5.01. The molecule has 0 spiro atoms. The molecule has 0 unspecified atom stereocenters. The Morgan fingerprint density at radius 1 is 0.931 bits per heavy atom. The van der Waals surface area contributed by atoms with Crippen molar-refractivity contribution in [2.24, 2.45) is 0 Å². The van der Waals surface area contributed by atoms with E-state index in [1.54, 1.807) is 22.9 Å². The molecule has 1 aromatic heterocycles. The van der Waals surface area contributed by atoms with Gasteiger partial charge in [0.05, 0.1) is 11.4 Å². The molecule has 2 rings (SSSR count). The van der Waals surface area contributed by atoms with Gasteiger partial charge in [-0.15, -0.1) is 0 Å². The fourth-order valence-electron chi connectivity index (χ4n) is 3.38. The number of nitrogens with zero attached hydrogens (tertiary/aromatic N) is 2. The maximum Gasteiger partial charge on any atom is 0.312 e. The van der Waals surface area contributed by atoms with Crippen LogP contribution in [0.15, 0.2) is 30.3 Å². The lowest BCUT2D eigenvalue weighted by Crippen LogP contribution is -2.11. The number of ether oxygens (including phenoxy) is 1. The number of halogens is 1. The van der Waals surface area contributed by atoms with Gasteiger partial charge in [-0.1, -0.05) is 71.6 Å². The molecule has 0 atom stereocenters. The lowest BCUT2D eigenvalue weighted by molar-refractivity contribution is -0.134. The number of aryl methyl sites for hydroxylation is 1. The topological polar surface area (TPSA) is 44.1 Å². The summed E-state index contributed by atoms with van der Waals surface area (Å²) in [5.74, 6) is -0.140. The Hall–Kier alpha value is -2.17. The highest BCUT2D eigenvalue weighted by Crippen LogP contribution is 2.22. The van der Waals surface area contributed by atoms with E-state index in [9.17, 15) is 9.18 Å². The predicted octanol–water partition coefficient (Wildman–Crippen LogP) is 6.79. The molecular formula is C24H35FN2O2. The van der Waals surface area contributed by atoms with Crippen molar-refractivity contribution in [3.05, 3.63) is 41.8 Å². The van der Waals surface area contributed by atoms with Gasteiger partial charge in [-0.25, -0.2) is 9.07 Å². The average Bonchev–Trinajstić information content (AvgIpc) is 3.09. The van der Waals surface area contributed by atoms with E-state index in [1.807, 2.05) is 0 Å². The Balaban J connectivity index is 1.80. The maximum absolute atomic E-state index is 13.2. The lowest BCUT2D eigenvalue weighted by atomic mass is 10.1. The Labute approximate surface area is 174 Å². The summed E-state index contributed by atoms with van der Waals surface area (Å²) in [6, 6.07) is 7.83. The van der Waals surface area contributed by atoms with Crippen LogP contribution >= 0.6 is 0 Å². The highest BCUT2D eigenvalue weighted by Gasteiger charge is 2.14. The average molecular weight is 403 g/mol. The molecule has 0 saturated carbocycles. The van der Waals surface area contributed by atoms with Crippen molar-refractivity contribution < 1.29 is 13.9 Å². The molecule has 0 aliphatic heterocycles. The summed E-state index contributed by atoms with van der Waals surface area (Å²) in [6.45, 7) is 4.31. The Morgan fingerprint density at radius 3 is 2.17 bits per heavy atom. The summed E-state index contributed by atoms with van der Waals surface area (Å²) in [6.07, 6.45) is 13.1. The fourth-order valence-corrected chi connectivity index (χ4v) is 3.38. The highest BCUT2D eigenvalue weighted by molar-refractivity contribution is 5.72. The van der Waals surface area contributed by atoms with Gasteiger partial charge in [-0.2, -0.15) is 5.10 Å². The standard InChI is InChI=1S/C24H35FN2O2/c1-3-5-6-7-8-9-10-11-12-14-24(28)29-23-19-21(13-4-2)26-27(23)22-17-15-20(25)16-18-22/h15-19H,3-14H2,1-2H3. The Kier molecular flexibility index (Phi) is 10.5. The molecule has 0 fully saturated rings. The first-order valence-corrected chi connectivity index (χ1v) is 11.2. The molecular weight excluding hydrogens is 367 g/mol. The third-order valence-electron chi connectivity index (χ3n) is 5.01. The Morgan fingerprint density at radius 2 is 1.55 bits per heavy atom. The van der Waals surface area contributed by atoms with Gasteiger partial charge in [0.25, 0.3) is 0 Å². The molecule has 0 saturated heterocycles. The SMILES string of the molecule is CCCCCCCCCCCC(=O)Oc1cc(CCC)nn1-c1ccc(F)cc1. The van der Waals surface area contributed by atoms with Crippen LogP contribution in [0.25, 0.3) is 5.69 Å². The molecule has 0 amide bonds. The van der Waals surface area contributed by atoms with Crippen LogP contribution in [0, 0.1) is 5.82 Å². The monoisotopic (exact) mass is 402 g/mol. The number of benzene rings is 1. The van der Waals surface area contributed by atoms with Gasteiger partial charge >= 0.3 is 5.97 Å². The fraction of sp³-hybridized carbons (Fsp3) is 0.583. The molecule has 1 aromatic carbocycles. The third kappa shape index (κ3) is 8.38. The van der Waals surface area contributed by atoms with Gasteiger partial charge in [0, 0.05) is 12.5 Å². The molecule has 0 N–H and O–H groups in total. The first kappa shape index (κ1) is 23.1. The van der Waals surface area contributed by atoms with Gasteiger partial charge in [0.2, 0.25) is 5.88 Å². The minimum Gasteiger partial charge on any atom is -0.407 e. The van der Waals surface area contributed by atoms with Crippen LogP contribution in [0.4, 0.5) is 4.39 Å². The zero-order chi connectivity index (χ0) is 20.9. The summed E-state index contributed by atoms with van der Waals surface area (Å²) in [5, 5.41) is 4.52. The van der Waals surface area contributed by atoms with Gasteiger partial charge in [-0.3, -0.25) is 4.79 Å². The van der Waals surface area contributed by atoms with Crippen molar-refractivity contribution in [3.8, 4) is 11.6 Å². The number of carbonyl (C=O) groups excluding carboxylic acids is 1. The van der Waals surface area contributed by atoms with Crippen molar-refractivity contribution >= 4 is 5.97 Å². The zero-order valence-electron chi connectivity index (χ0n) is 18.0. The normalized spacial score (nSPS) is 11.0. The first-order chi connectivity index (χ1) is 14.1. The van der Waals surface area contributed by atoms with E-state index in [1.165, 1.54) is 57.1 Å². The molecule has 0 bridgehead atoms. The van der Waals surface area contributed by atoms with Crippen molar-refractivity contribution in [3.63, 3.8) is 0 Å². The number of carbonyl (C=O) groups is 1. The second-order valence-electron chi connectivity index (χ2n) is 7.66. The molecule has 5 heteroatoms. The Bertz CT molecular complexity index is 725. The summed E-state index contributed by atoms with van der Waals surface area (Å²) in [4.78, 5) is 12.3. The molecule has 0 aliphatic carbocycles. The molecule has 29 heavy (non-hydrogen) atoms. The maximum atomic E-state index is 13.2. The summed E-state index contributed by atoms with van der Waals surface area (Å²) >= 11 is 0. The van der Waals surface area contributed by atoms with E-state index in [0.717, 1.165) is 31.4 Å².